The average Bonchev–Trinajstić information content (AvgIpc) is 3.50. The van der Waals surface area contributed by atoms with Gasteiger partial charge in [-0.15, -0.1) is 0 Å². The van der Waals surface area contributed by atoms with Crippen LogP contribution < -0.4 is 15.0 Å². The van der Waals surface area contributed by atoms with Crippen LogP contribution in [0.2, 0.25) is 0 Å². The van der Waals surface area contributed by atoms with Gasteiger partial charge in [0.15, 0.2) is 11.6 Å². The Balaban J connectivity index is 1.48. The number of carbonyl (C=O) groups excluding carboxylic acids is 1. The van der Waals surface area contributed by atoms with Crippen LogP contribution in [-0.2, 0) is 4.79 Å². The third-order valence-corrected chi connectivity index (χ3v) is 6.19. The molecule has 1 unspecified atom stereocenters. The first-order valence-electron chi connectivity index (χ1n) is 10.8. The fraction of sp³-hybridized carbons (Fsp3) is 0.391. The lowest BCUT2D eigenvalue weighted by Crippen LogP contribution is -2.29. The summed E-state index contributed by atoms with van der Waals surface area (Å²) in [6.07, 6.45) is 6.25. The van der Waals surface area contributed by atoms with Crippen molar-refractivity contribution in [2.24, 2.45) is 5.41 Å². The molecule has 0 radical (unpaired) electrons. The fourth-order valence-electron chi connectivity index (χ4n) is 4.62. The fourth-order valence-corrected chi connectivity index (χ4v) is 4.62. The number of halogens is 1. The number of hydrogen-bond donors (Lipinski definition) is 1. The summed E-state index contributed by atoms with van der Waals surface area (Å²) in [5.41, 5.74) is 1.31. The van der Waals surface area contributed by atoms with Crippen LogP contribution in [0.15, 0.2) is 43.0 Å². The number of nitrogens with zero attached hydrogens (tertiary/aromatic N) is 5. The van der Waals surface area contributed by atoms with Crippen molar-refractivity contribution >= 4 is 11.7 Å². The van der Waals surface area contributed by atoms with Crippen LogP contribution in [0.4, 0.5) is 10.2 Å². The van der Waals surface area contributed by atoms with Gasteiger partial charge in [0.1, 0.15) is 17.9 Å². The molecule has 3 aromatic rings. The number of hydrogen-bond acceptors (Lipinski definition) is 6. The summed E-state index contributed by atoms with van der Waals surface area (Å²) in [6, 6.07) is 6.40. The third kappa shape index (κ3) is 3.68. The lowest BCUT2D eigenvalue weighted by Gasteiger charge is -2.24. The number of nitrogens with one attached hydrogen (secondary N) is 1. The van der Waals surface area contributed by atoms with Gasteiger partial charge in [0.05, 0.1) is 11.9 Å². The molecule has 1 aromatic carbocycles. The normalized spacial score (nSPS) is 20.4. The second kappa shape index (κ2) is 7.89. The van der Waals surface area contributed by atoms with Gasteiger partial charge >= 0.3 is 0 Å². The zero-order chi connectivity index (χ0) is 22.3. The Morgan fingerprint density at radius 2 is 2.12 bits per heavy atom. The van der Waals surface area contributed by atoms with Crippen molar-refractivity contribution in [1.82, 2.24) is 25.1 Å². The molecule has 8 nitrogen and oxygen atoms in total. The molecule has 166 valence electrons. The van der Waals surface area contributed by atoms with Gasteiger partial charge in [-0.25, -0.2) is 14.4 Å². The monoisotopic (exact) mass is 436 g/mol. The number of anilines is 1. The summed E-state index contributed by atoms with van der Waals surface area (Å²) in [4.78, 5) is 22.6. The molecular formula is C23H25FN6O2. The number of benzene rings is 1. The minimum atomic E-state index is -0.353. The Labute approximate surface area is 185 Å². The average molecular weight is 436 g/mol. The van der Waals surface area contributed by atoms with E-state index in [0.717, 1.165) is 25.2 Å². The van der Waals surface area contributed by atoms with Crippen LogP contribution >= 0.6 is 0 Å². The van der Waals surface area contributed by atoms with Gasteiger partial charge in [0, 0.05) is 49.3 Å². The maximum atomic E-state index is 14.2. The summed E-state index contributed by atoms with van der Waals surface area (Å²) in [5.74, 6) is 1.41. The van der Waals surface area contributed by atoms with E-state index in [0.29, 0.717) is 35.8 Å². The van der Waals surface area contributed by atoms with E-state index in [1.54, 1.807) is 18.5 Å². The van der Waals surface area contributed by atoms with Crippen molar-refractivity contribution in [2.45, 2.75) is 32.7 Å². The minimum absolute atomic E-state index is 0.0654. The van der Waals surface area contributed by atoms with Crippen LogP contribution in [-0.4, -0.2) is 45.3 Å². The summed E-state index contributed by atoms with van der Waals surface area (Å²) < 4.78 is 22.3. The first-order chi connectivity index (χ1) is 15.4. The molecule has 2 saturated heterocycles. The van der Waals surface area contributed by atoms with E-state index in [4.69, 9.17) is 4.74 Å². The van der Waals surface area contributed by atoms with E-state index in [9.17, 15) is 9.18 Å². The lowest BCUT2D eigenvalue weighted by atomic mass is 9.86. The molecule has 2 fully saturated rings. The number of rotatable bonds is 5. The Morgan fingerprint density at radius 3 is 2.91 bits per heavy atom. The molecule has 2 aromatic heterocycles. The third-order valence-electron chi connectivity index (χ3n) is 6.19. The minimum Gasteiger partial charge on any atom is -0.451 e. The zero-order valence-electron chi connectivity index (χ0n) is 18.1. The van der Waals surface area contributed by atoms with E-state index >= 15 is 0 Å². The molecule has 0 aliphatic carbocycles. The van der Waals surface area contributed by atoms with Crippen LogP contribution in [0.25, 0.3) is 11.3 Å². The molecule has 1 spiro atoms. The van der Waals surface area contributed by atoms with Crippen molar-refractivity contribution in [2.75, 3.05) is 24.5 Å². The zero-order valence-corrected chi connectivity index (χ0v) is 18.1. The first kappa shape index (κ1) is 20.4. The summed E-state index contributed by atoms with van der Waals surface area (Å²) in [7, 11) is 0. The van der Waals surface area contributed by atoms with Gasteiger partial charge in [-0.1, -0.05) is 0 Å². The van der Waals surface area contributed by atoms with Crippen LogP contribution in [0.3, 0.4) is 0 Å². The van der Waals surface area contributed by atoms with Crippen LogP contribution in [0.1, 0.15) is 32.7 Å². The molecule has 1 atom stereocenters. The van der Waals surface area contributed by atoms with Gasteiger partial charge in [0.25, 0.3) is 0 Å². The van der Waals surface area contributed by atoms with E-state index in [2.05, 4.69) is 25.3 Å². The number of aromatic nitrogens is 4. The largest absolute Gasteiger partial charge is 0.451 e. The highest BCUT2D eigenvalue weighted by Gasteiger charge is 2.44. The van der Waals surface area contributed by atoms with Crippen molar-refractivity contribution in [3.63, 3.8) is 0 Å². The summed E-state index contributed by atoms with van der Waals surface area (Å²) >= 11 is 0. The second-order valence-corrected chi connectivity index (χ2v) is 8.83. The predicted molar refractivity (Wildman–Crippen MR) is 117 cm³/mol. The highest BCUT2D eigenvalue weighted by molar-refractivity contribution is 5.79. The molecule has 5 rings (SSSR count). The number of ether oxygens (including phenoxy) is 1. The van der Waals surface area contributed by atoms with Crippen molar-refractivity contribution in [3.8, 4) is 22.8 Å². The van der Waals surface area contributed by atoms with Gasteiger partial charge in [-0.3, -0.25) is 9.48 Å². The maximum absolute atomic E-state index is 14.2. The van der Waals surface area contributed by atoms with Crippen molar-refractivity contribution in [3.05, 3.63) is 48.8 Å². The molecule has 32 heavy (non-hydrogen) atoms. The first-order valence-corrected chi connectivity index (χ1v) is 10.8. The molecule has 0 saturated carbocycles. The van der Waals surface area contributed by atoms with Gasteiger partial charge in [0.2, 0.25) is 5.91 Å². The van der Waals surface area contributed by atoms with Gasteiger partial charge < -0.3 is 15.0 Å². The molecule has 4 heterocycles. The second-order valence-electron chi connectivity index (χ2n) is 8.83. The number of carbonyl (C=O) groups is 1. The molecular weight excluding hydrogens is 411 g/mol. The molecule has 2 aliphatic rings. The Hall–Kier alpha value is -3.49. The quantitative estimate of drug-likeness (QED) is 0.658. The Bertz CT molecular complexity index is 1160. The SMILES string of the molecule is CC(C)n1nccc1-c1cc(F)ccc1Oc1cncnc1N1CCC2(CNC(=O)C2)C1. The van der Waals surface area contributed by atoms with Crippen LogP contribution in [0, 0.1) is 11.2 Å². The highest BCUT2D eigenvalue weighted by atomic mass is 19.1. The molecule has 2 aliphatic heterocycles. The molecule has 9 heteroatoms. The summed E-state index contributed by atoms with van der Waals surface area (Å²) in [6.45, 7) is 6.22. The van der Waals surface area contributed by atoms with E-state index < -0.39 is 0 Å². The Kier molecular flexibility index (Phi) is 5.03. The smallest absolute Gasteiger partial charge is 0.220 e. The number of amides is 1. The standard InChI is InChI=1S/C23H25FN6O2/c1-15(2)30-18(5-7-28-30)17-9-16(24)3-4-19(17)32-20-11-25-14-27-22(20)29-8-6-23(13-29)10-21(31)26-12-23/h3-5,7,9,11,14-15H,6,8,10,12-13H2,1-2H3,(H,26,31). The highest BCUT2D eigenvalue weighted by Crippen LogP contribution is 2.42. The Morgan fingerprint density at radius 1 is 1.25 bits per heavy atom. The maximum Gasteiger partial charge on any atom is 0.220 e. The van der Waals surface area contributed by atoms with Gasteiger partial charge in [-0.2, -0.15) is 5.10 Å². The van der Waals surface area contributed by atoms with Crippen molar-refractivity contribution < 1.29 is 13.9 Å². The van der Waals surface area contributed by atoms with E-state index in [1.807, 2.05) is 24.6 Å². The predicted octanol–water partition coefficient (Wildman–Crippen LogP) is 3.57. The van der Waals surface area contributed by atoms with Gasteiger partial charge in [-0.05, 0) is 44.5 Å². The van der Waals surface area contributed by atoms with E-state index in [1.165, 1.54) is 18.5 Å². The molecule has 1 amide bonds. The lowest BCUT2D eigenvalue weighted by molar-refractivity contribution is -0.119. The molecule has 1 N–H and O–H groups in total. The van der Waals surface area contributed by atoms with Crippen molar-refractivity contribution in [1.29, 1.82) is 0 Å². The van der Waals surface area contributed by atoms with E-state index in [-0.39, 0.29) is 23.2 Å². The topological polar surface area (TPSA) is 85.2 Å². The molecule has 0 bridgehead atoms. The summed E-state index contributed by atoms with van der Waals surface area (Å²) in [5, 5.41) is 7.32. The van der Waals surface area contributed by atoms with Crippen LogP contribution in [0.5, 0.6) is 11.5 Å².